The number of benzene rings is 1. The van der Waals surface area contributed by atoms with Crippen molar-refractivity contribution in [2.75, 3.05) is 0 Å². The van der Waals surface area contributed by atoms with Gasteiger partial charge >= 0.3 is 12.2 Å². The van der Waals surface area contributed by atoms with Crippen LogP contribution in [0.5, 0.6) is 5.75 Å². The topological polar surface area (TPSA) is 9.23 Å². The van der Waals surface area contributed by atoms with Crippen LogP contribution in [0.3, 0.4) is 0 Å². The van der Waals surface area contributed by atoms with Crippen LogP contribution in [0.1, 0.15) is 69.8 Å². The third kappa shape index (κ3) is 5.30. The average Bonchev–Trinajstić information content (AvgIpc) is 2.70. The molecule has 1 aromatic rings. The number of alkyl halides is 3. The van der Waals surface area contributed by atoms with Crippen LogP contribution in [0.15, 0.2) is 24.0 Å². The van der Waals surface area contributed by atoms with Crippen molar-refractivity contribution < 1.29 is 35.5 Å². The maximum Gasteiger partial charge on any atom is 0.449 e. The molecule has 0 N–H and O–H groups in total. The molecule has 8 heteroatoms. The molecule has 2 saturated carbocycles. The molecule has 0 amide bonds. The van der Waals surface area contributed by atoms with Crippen LogP contribution in [-0.4, -0.2) is 6.18 Å². The van der Waals surface area contributed by atoms with Crippen molar-refractivity contribution >= 4 is 0 Å². The molecule has 2 aliphatic carbocycles. The number of halogens is 7. The first-order valence-corrected chi connectivity index (χ1v) is 10.4. The van der Waals surface area contributed by atoms with E-state index in [4.69, 9.17) is 0 Å². The zero-order valence-corrected chi connectivity index (χ0v) is 16.7. The Labute approximate surface area is 171 Å². The van der Waals surface area contributed by atoms with Crippen LogP contribution in [0, 0.1) is 29.4 Å². The molecule has 0 heterocycles. The number of rotatable bonds is 4. The van der Waals surface area contributed by atoms with E-state index in [0.717, 1.165) is 43.7 Å². The highest BCUT2D eigenvalue weighted by Gasteiger charge is 2.40. The molecule has 2 fully saturated rings. The lowest BCUT2D eigenvalue weighted by Crippen LogP contribution is -2.24. The highest BCUT2D eigenvalue weighted by molar-refractivity contribution is 5.34. The third-order valence-electron chi connectivity index (χ3n) is 6.60. The Balaban J connectivity index is 1.66. The van der Waals surface area contributed by atoms with Crippen LogP contribution in [0.4, 0.5) is 30.7 Å². The SMILES string of the molecule is CC1CCC(C2CCC(c3cc(F)c(O/C(F)=C(\F)C(F)(F)F)c(F)c3)CC2)CC1. The first kappa shape index (κ1) is 22.9. The Bertz CT molecular complexity index is 747. The summed E-state index contributed by atoms with van der Waals surface area (Å²) in [5.74, 6) is -5.30. The monoisotopic (exact) mass is 438 g/mol. The van der Waals surface area contributed by atoms with Gasteiger partial charge in [0.25, 0.3) is 5.83 Å². The van der Waals surface area contributed by atoms with Crippen molar-refractivity contribution in [3.63, 3.8) is 0 Å². The van der Waals surface area contributed by atoms with Gasteiger partial charge in [-0.1, -0.05) is 19.8 Å². The summed E-state index contributed by atoms with van der Waals surface area (Å²) in [5.41, 5.74) is 0.355. The van der Waals surface area contributed by atoms with E-state index in [1.807, 2.05) is 0 Å². The van der Waals surface area contributed by atoms with Crippen molar-refractivity contribution in [1.82, 2.24) is 0 Å². The Kier molecular flexibility index (Phi) is 7.02. The maximum atomic E-state index is 14.2. The predicted octanol–water partition coefficient (Wildman–Crippen LogP) is 8.11. The van der Waals surface area contributed by atoms with Crippen molar-refractivity contribution in [2.45, 2.75) is 70.4 Å². The van der Waals surface area contributed by atoms with Gasteiger partial charge in [-0.25, -0.2) is 8.78 Å². The second-order valence-corrected chi connectivity index (χ2v) is 8.63. The summed E-state index contributed by atoms with van der Waals surface area (Å²) < 4.78 is 94.9. The first-order valence-electron chi connectivity index (χ1n) is 10.4. The summed E-state index contributed by atoms with van der Waals surface area (Å²) in [7, 11) is 0. The summed E-state index contributed by atoms with van der Waals surface area (Å²) in [6.07, 6.45) is 2.70. The van der Waals surface area contributed by atoms with Gasteiger partial charge in [0.05, 0.1) is 0 Å². The molecule has 1 aromatic carbocycles. The Morgan fingerprint density at radius 3 is 1.77 bits per heavy atom. The molecular weight excluding hydrogens is 413 g/mol. The standard InChI is InChI=1S/C22H25F7O/c1-12-2-4-13(5-3-12)14-6-8-15(9-7-14)16-10-17(23)19(18(24)11-16)30-21(26)20(25)22(27,28)29/h10-15H,2-9H2,1H3/b21-20-. The molecule has 0 spiro atoms. The maximum absolute atomic E-state index is 14.2. The molecule has 3 rings (SSSR count). The highest BCUT2D eigenvalue weighted by atomic mass is 19.4. The van der Waals surface area contributed by atoms with Crippen LogP contribution in [0.25, 0.3) is 0 Å². The van der Waals surface area contributed by atoms with E-state index in [0.29, 0.717) is 17.4 Å². The van der Waals surface area contributed by atoms with Crippen molar-refractivity contribution in [3.8, 4) is 5.75 Å². The van der Waals surface area contributed by atoms with Crippen LogP contribution in [-0.2, 0) is 0 Å². The summed E-state index contributed by atoms with van der Waals surface area (Å²) in [5, 5.41) is 0. The van der Waals surface area contributed by atoms with E-state index < -0.39 is 35.4 Å². The summed E-state index contributed by atoms with van der Waals surface area (Å²) in [4.78, 5) is 0. The van der Waals surface area contributed by atoms with Gasteiger partial charge in [0, 0.05) is 0 Å². The second kappa shape index (κ2) is 9.18. The van der Waals surface area contributed by atoms with Crippen LogP contribution < -0.4 is 4.74 Å². The zero-order chi connectivity index (χ0) is 22.1. The number of allylic oxidation sites excluding steroid dienone is 1. The van der Waals surface area contributed by atoms with E-state index in [2.05, 4.69) is 11.7 Å². The van der Waals surface area contributed by atoms with Crippen molar-refractivity contribution in [2.24, 2.45) is 17.8 Å². The molecule has 0 radical (unpaired) electrons. The van der Waals surface area contributed by atoms with Gasteiger partial charge in [-0.2, -0.15) is 22.0 Å². The molecule has 0 aliphatic heterocycles. The molecule has 168 valence electrons. The van der Waals surface area contributed by atoms with Gasteiger partial charge in [-0.05, 0) is 79.9 Å². The lowest BCUT2D eigenvalue weighted by atomic mass is 9.68. The van der Waals surface area contributed by atoms with Gasteiger partial charge in [-0.3, -0.25) is 0 Å². The smallest absolute Gasteiger partial charge is 0.423 e. The van der Waals surface area contributed by atoms with Gasteiger partial charge in [0.15, 0.2) is 11.6 Å². The fourth-order valence-electron chi connectivity index (χ4n) is 4.84. The number of hydrogen-bond acceptors (Lipinski definition) is 1. The zero-order valence-electron chi connectivity index (χ0n) is 16.7. The van der Waals surface area contributed by atoms with E-state index in [9.17, 15) is 30.7 Å². The fraction of sp³-hybridized carbons (Fsp3) is 0.636. The van der Waals surface area contributed by atoms with E-state index >= 15 is 0 Å². The minimum Gasteiger partial charge on any atom is -0.423 e. The number of hydrogen-bond donors (Lipinski definition) is 0. The normalized spacial score (nSPS) is 28.8. The average molecular weight is 438 g/mol. The third-order valence-corrected chi connectivity index (χ3v) is 6.60. The van der Waals surface area contributed by atoms with E-state index in [1.54, 1.807) is 0 Å². The van der Waals surface area contributed by atoms with Gasteiger partial charge in [0.1, 0.15) is 0 Å². The minimum absolute atomic E-state index is 0.0888. The van der Waals surface area contributed by atoms with E-state index in [-0.39, 0.29) is 5.92 Å². The van der Waals surface area contributed by atoms with Crippen LogP contribution >= 0.6 is 0 Å². The van der Waals surface area contributed by atoms with Gasteiger partial charge in [-0.15, -0.1) is 0 Å². The highest BCUT2D eigenvalue weighted by Crippen LogP contribution is 2.44. The molecule has 2 aliphatic rings. The fourth-order valence-corrected chi connectivity index (χ4v) is 4.84. The van der Waals surface area contributed by atoms with Crippen molar-refractivity contribution in [1.29, 1.82) is 0 Å². The van der Waals surface area contributed by atoms with Gasteiger partial charge < -0.3 is 4.74 Å². The molecule has 0 atom stereocenters. The molecule has 0 saturated heterocycles. The van der Waals surface area contributed by atoms with Crippen LogP contribution in [0.2, 0.25) is 0 Å². The number of ether oxygens (including phenoxy) is 1. The first-order chi connectivity index (χ1) is 14.1. The minimum atomic E-state index is -5.65. The summed E-state index contributed by atoms with van der Waals surface area (Å²) in [6.45, 7) is 2.27. The Hall–Kier alpha value is -1.73. The van der Waals surface area contributed by atoms with Gasteiger partial charge in [0.2, 0.25) is 5.75 Å². The quantitative estimate of drug-likeness (QED) is 0.341. The van der Waals surface area contributed by atoms with Crippen molar-refractivity contribution in [3.05, 3.63) is 41.2 Å². The molecule has 0 unspecified atom stereocenters. The molecule has 30 heavy (non-hydrogen) atoms. The molecule has 0 bridgehead atoms. The Morgan fingerprint density at radius 1 is 0.833 bits per heavy atom. The molecule has 0 aromatic heterocycles. The lowest BCUT2D eigenvalue weighted by Gasteiger charge is -2.37. The largest absolute Gasteiger partial charge is 0.449 e. The lowest BCUT2D eigenvalue weighted by molar-refractivity contribution is -0.114. The predicted molar refractivity (Wildman–Crippen MR) is 98.1 cm³/mol. The second-order valence-electron chi connectivity index (χ2n) is 8.63. The summed E-state index contributed by atoms with van der Waals surface area (Å²) in [6, 6.07) is -0.857. The Morgan fingerprint density at radius 2 is 1.30 bits per heavy atom. The van der Waals surface area contributed by atoms with E-state index in [1.165, 1.54) is 25.7 Å². The molecule has 1 nitrogen and oxygen atoms in total. The molecular formula is C22H25F7O. The summed E-state index contributed by atoms with van der Waals surface area (Å²) >= 11 is 0.